The lowest BCUT2D eigenvalue weighted by Crippen LogP contribution is -2.70. The van der Waals surface area contributed by atoms with E-state index in [1.54, 1.807) is 0 Å². The first-order valence-electron chi connectivity index (χ1n) is 30.3. The molecule has 0 aromatic rings. The molecule has 5 heterocycles. The number of aliphatic hydroxyl groups is 17. The molecule has 5 aliphatic heterocycles. The van der Waals surface area contributed by atoms with Gasteiger partial charge in [0.05, 0.1) is 56.9 Å². The zero-order chi connectivity index (χ0) is 62.4. The quantitative estimate of drug-likeness (QED) is 0.0458. The van der Waals surface area contributed by atoms with E-state index in [-0.39, 0.29) is 5.92 Å². The lowest BCUT2D eigenvalue weighted by atomic mass is 9.34. The summed E-state index contributed by atoms with van der Waals surface area (Å²) in [5.74, 6) is -1.43. The van der Waals surface area contributed by atoms with Crippen LogP contribution in [0.1, 0.15) is 107 Å². The molecule has 0 spiro atoms. The second-order valence-electron chi connectivity index (χ2n) is 27.8. The zero-order valence-corrected chi connectivity index (χ0v) is 49.8. The highest BCUT2D eigenvalue weighted by Gasteiger charge is 2.74. The molecule has 4 saturated carbocycles. The van der Waals surface area contributed by atoms with E-state index in [2.05, 4.69) is 26.8 Å². The fourth-order valence-corrected chi connectivity index (χ4v) is 17.4. The van der Waals surface area contributed by atoms with Gasteiger partial charge < -0.3 is 134 Å². The Hall–Kier alpha value is -1.34. The van der Waals surface area contributed by atoms with Crippen molar-refractivity contribution in [1.82, 2.24) is 0 Å². The average Bonchev–Trinajstić information content (AvgIpc) is 1.67. The number of rotatable bonds is 18. The molecule has 4 aliphatic carbocycles. The highest BCUT2D eigenvalue weighted by molar-refractivity contribution is 5.22. The summed E-state index contributed by atoms with van der Waals surface area (Å²) in [5, 5.41) is 187. The first kappa shape index (κ1) is 68.0. The molecule has 34 atom stereocenters. The molecule has 85 heavy (non-hydrogen) atoms. The minimum Gasteiger partial charge on any atom is -0.394 e. The number of hydrogen-bond acceptors (Lipinski definition) is 27. The molecule has 9 rings (SSSR count). The third-order valence-corrected chi connectivity index (χ3v) is 22.1. The van der Waals surface area contributed by atoms with Crippen molar-refractivity contribution >= 4 is 0 Å². The van der Waals surface area contributed by atoms with Crippen LogP contribution in [-0.2, 0) is 47.4 Å². The number of hydrogen-bond donors (Lipinski definition) is 17. The molecule has 34 unspecified atom stereocenters. The van der Waals surface area contributed by atoms with Gasteiger partial charge in [0, 0.05) is 0 Å². The molecular weight excluding hydrogens is 1130 g/mol. The van der Waals surface area contributed by atoms with E-state index in [4.69, 9.17) is 47.4 Å². The second-order valence-corrected chi connectivity index (χ2v) is 27.8. The van der Waals surface area contributed by atoms with Crippen molar-refractivity contribution in [1.29, 1.82) is 0 Å². The van der Waals surface area contributed by atoms with E-state index < -0.39 is 238 Å². The van der Waals surface area contributed by atoms with Crippen LogP contribution in [0.3, 0.4) is 0 Å². The Morgan fingerprint density at radius 1 is 0.541 bits per heavy atom. The average molecular weight is 1230 g/mol. The fourth-order valence-electron chi connectivity index (χ4n) is 17.4. The summed E-state index contributed by atoms with van der Waals surface area (Å²) >= 11 is 0. The summed E-state index contributed by atoms with van der Waals surface area (Å²) in [7, 11) is 0. The Morgan fingerprint density at radius 3 is 1.72 bits per heavy atom. The summed E-state index contributed by atoms with van der Waals surface area (Å²) in [6.07, 6.45) is -33.7. The Labute approximate surface area is 494 Å². The second kappa shape index (κ2) is 26.0. The summed E-state index contributed by atoms with van der Waals surface area (Å²) in [6.45, 7) is 13.2. The van der Waals surface area contributed by atoms with Crippen LogP contribution in [0.15, 0.2) is 11.6 Å². The molecule has 17 N–H and O–H groups in total. The van der Waals surface area contributed by atoms with Crippen molar-refractivity contribution in [3.05, 3.63) is 11.6 Å². The van der Waals surface area contributed by atoms with Crippen molar-refractivity contribution in [2.24, 2.45) is 45.3 Å². The van der Waals surface area contributed by atoms with Crippen LogP contribution in [0.4, 0.5) is 0 Å². The lowest BCUT2D eigenvalue weighted by Gasteiger charge is -2.71. The highest BCUT2D eigenvalue weighted by Crippen LogP contribution is 2.76. The Kier molecular flexibility index (Phi) is 20.8. The Morgan fingerprint density at radius 2 is 1.08 bits per heavy atom. The molecule has 0 bridgehead atoms. The van der Waals surface area contributed by atoms with Crippen molar-refractivity contribution < 1.29 is 134 Å². The third kappa shape index (κ3) is 12.1. The number of allylic oxidation sites excluding steroid dienone is 2. The van der Waals surface area contributed by atoms with E-state index in [1.165, 1.54) is 0 Å². The molecule has 27 nitrogen and oxygen atoms in total. The number of fused-ring (bicyclic) bond motifs is 5. The maximum absolute atomic E-state index is 12.9. The van der Waals surface area contributed by atoms with Gasteiger partial charge in [0.2, 0.25) is 0 Å². The predicted molar refractivity (Wildman–Crippen MR) is 288 cm³/mol. The molecule has 9 aliphatic rings. The van der Waals surface area contributed by atoms with Gasteiger partial charge in [0.25, 0.3) is 0 Å². The van der Waals surface area contributed by atoms with Crippen LogP contribution >= 0.6 is 0 Å². The van der Waals surface area contributed by atoms with E-state index in [0.717, 1.165) is 5.57 Å². The standard InChI is InChI=1S/C58H98O27/c1-23(2)10-9-13-58(8,85-51-45(75)41(71)38(68)31(81-51)22-77-52-46(39(69)30(20-61)79-52)83-49-43(73)35(65)27(64)21-76-49)24-11-15-56(6)34(24)25(62)16-32-55(5)14-12-33(54(3,4)48(55)26(63)17-57(32,56)7)82-53-47(42(72)37(67)29(19-60)80-53)84-50-44(74)40(70)36(66)28(18-59)78-50/h10,24-53,59-75H,9,11-22H2,1-8H3. The molecule has 0 aromatic heterocycles. The summed E-state index contributed by atoms with van der Waals surface area (Å²) in [6, 6.07) is 0. The van der Waals surface area contributed by atoms with Gasteiger partial charge in [-0.25, -0.2) is 0 Å². The van der Waals surface area contributed by atoms with Crippen molar-refractivity contribution in [2.75, 3.05) is 33.0 Å². The Bertz CT molecular complexity index is 2250. The highest BCUT2D eigenvalue weighted by atomic mass is 16.8. The molecule has 492 valence electrons. The van der Waals surface area contributed by atoms with Crippen molar-refractivity contribution in [3.63, 3.8) is 0 Å². The van der Waals surface area contributed by atoms with Crippen LogP contribution in [0.2, 0.25) is 0 Å². The first-order chi connectivity index (χ1) is 39.8. The molecular formula is C58H98O27. The van der Waals surface area contributed by atoms with Gasteiger partial charge in [-0.2, -0.15) is 0 Å². The third-order valence-electron chi connectivity index (χ3n) is 22.1. The van der Waals surface area contributed by atoms with Crippen molar-refractivity contribution in [2.45, 2.75) is 272 Å². The van der Waals surface area contributed by atoms with E-state index >= 15 is 0 Å². The molecule has 27 heteroatoms. The van der Waals surface area contributed by atoms with Gasteiger partial charge in [0.15, 0.2) is 31.5 Å². The van der Waals surface area contributed by atoms with E-state index in [0.29, 0.717) is 51.4 Å². The summed E-state index contributed by atoms with van der Waals surface area (Å²) < 4.78 is 60.6. The van der Waals surface area contributed by atoms with Gasteiger partial charge in [-0.05, 0) is 117 Å². The van der Waals surface area contributed by atoms with E-state index in [9.17, 15) is 86.8 Å². The van der Waals surface area contributed by atoms with Crippen LogP contribution in [0.25, 0.3) is 0 Å². The zero-order valence-electron chi connectivity index (χ0n) is 49.8. The largest absolute Gasteiger partial charge is 0.394 e. The van der Waals surface area contributed by atoms with E-state index in [1.807, 2.05) is 34.6 Å². The van der Waals surface area contributed by atoms with Crippen LogP contribution < -0.4 is 0 Å². The molecule has 0 radical (unpaired) electrons. The van der Waals surface area contributed by atoms with Gasteiger partial charge >= 0.3 is 0 Å². The lowest BCUT2D eigenvalue weighted by molar-refractivity contribution is -0.380. The number of aliphatic hydroxyl groups excluding tert-OH is 17. The summed E-state index contributed by atoms with van der Waals surface area (Å²) in [4.78, 5) is 0. The van der Waals surface area contributed by atoms with Gasteiger partial charge in [-0.15, -0.1) is 0 Å². The predicted octanol–water partition coefficient (Wildman–Crippen LogP) is -4.13. The molecule has 5 saturated heterocycles. The smallest absolute Gasteiger partial charge is 0.187 e. The molecule has 9 fully saturated rings. The minimum atomic E-state index is -1.86. The minimum absolute atomic E-state index is 0.159. The normalized spacial score (nSPS) is 53.3. The Balaban J connectivity index is 0.931. The number of ether oxygens (including phenoxy) is 10. The van der Waals surface area contributed by atoms with Gasteiger partial charge in [0.1, 0.15) is 110 Å². The summed E-state index contributed by atoms with van der Waals surface area (Å²) in [5.41, 5.74) is -2.84. The van der Waals surface area contributed by atoms with Gasteiger partial charge in [-0.1, -0.05) is 46.3 Å². The molecule has 0 amide bonds. The maximum Gasteiger partial charge on any atom is 0.187 e. The molecule has 0 aromatic carbocycles. The first-order valence-corrected chi connectivity index (χ1v) is 30.3. The maximum atomic E-state index is 12.9. The SMILES string of the molecule is CC(C)=CCCC(C)(OC1OC(COC2OC(CO)C(O)C2OC2OCC(O)C(O)C2O)C(O)C(O)C1O)C1CCC2(C)C1C(O)CC1C3(C)CCC(OC4OC(CO)C(O)C(O)C4OC4OC(CO)C(O)C(O)C4O)C(C)(C)C3C(O)CC12C. The monoisotopic (exact) mass is 1230 g/mol. The van der Waals surface area contributed by atoms with Crippen LogP contribution in [0, 0.1) is 45.3 Å². The van der Waals surface area contributed by atoms with Crippen LogP contribution in [-0.4, -0.2) is 285 Å². The fraction of sp³-hybridized carbons (Fsp3) is 0.966. The van der Waals surface area contributed by atoms with Gasteiger partial charge in [-0.3, -0.25) is 0 Å². The topological polar surface area (TPSA) is 436 Å². The van der Waals surface area contributed by atoms with Crippen LogP contribution in [0.5, 0.6) is 0 Å². The van der Waals surface area contributed by atoms with Crippen molar-refractivity contribution in [3.8, 4) is 0 Å².